The minimum absolute atomic E-state index is 0.0517. The molecule has 3 N–H and O–H groups in total. The monoisotopic (exact) mass is 396 g/mol. The third kappa shape index (κ3) is 3.05. The number of carbonyl (C=O) groups is 1. The van der Waals surface area contributed by atoms with Crippen molar-refractivity contribution >= 4 is 22.8 Å². The van der Waals surface area contributed by atoms with Crippen LogP contribution in [0.1, 0.15) is 25.0 Å². The smallest absolute Gasteiger partial charge is 0.366 e. The highest BCUT2D eigenvalue weighted by Crippen LogP contribution is 2.36. The van der Waals surface area contributed by atoms with Crippen molar-refractivity contribution in [1.29, 1.82) is 0 Å². The van der Waals surface area contributed by atoms with E-state index in [4.69, 9.17) is 5.11 Å². The van der Waals surface area contributed by atoms with Crippen LogP contribution in [0.15, 0.2) is 24.7 Å². The Morgan fingerprint density at radius 3 is 2.89 bits per heavy atom. The summed E-state index contributed by atoms with van der Waals surface area (Å²) in [6.07, 6.45) is -1.92. The summed E-state index contributed by atoms with van der Waals surface area (Å²) in [6.45, 7) is 2.50. The lowest BCUT2D eigenvalue weighted by atomic mass is 9.91. The van der Waals surface area contributed by atoms with Crippen LogP contribution in [0.25, 0.3) is 16.8 Å². The maximum absolute atomic E-state index is 12.5. The van der Waals surface area contributed by atoms with Crippen molar-refractivity contribution in [3.05, 3.63) is 30.4 Å². The molecule has 1 aliphatic rings. The number of nitrogens with zero attached hydrogens (tertiary/aromatic N) is 4. The summed E-state index contributed by atoms with van der Waals surface area (Å²) in [5.41, 5.74) is 3.07. The molecule has 150 valence electrons. The SMILES string of the molecule is CC[C@@H]1CN(C(=O)NC(O)C(F)(F)F)C[C@@H]1c1cnc2cnc3[nH]ccc3n12. The molecule has 11 heteroatoms. The first kappa shape index (κ1) is 18.5. The Morgan fingerprint density at radius 2 is 2.18 bits per heavy atom. The fraction of sp³-hybridized carbons (Fsp3) is 0.471. The molecule has 0 saturated carbocycles. The number of hydrogen-bond acceptors (Lipinski definition) is 4. The topological polar surface area (TPSA) is 98.6 Å². The zero-order chi connectivity index (χ0) is 20.1. The Balaban J connectivity index is 1.63. The van der Waals surface area contributed by atoms with Gasteiger partial charge in [0.1, 0.15) is 0 Å². The van der Waals surface area contributed by atoms with Crippen molar-refractivity contribution in [2.75, 3.05) is 13.1 Å². The summed E-state index contributed by atoms with van der Waals surface area (Å²) < 4.78 is 39.5. The Bertz CT molecular complexity index is 1010. The fourth-order valence-electron chi connectivity index (χ4n) is 3.83. The maximum atomic E-state index is 12.5. The van der Waals surface area contributed by atoms with E-state index in [-0.39, 0.29) is 18.4 Å². The minimum Gasteiger partial charge on any atom is -0.366 e. The average molecular weight is 396 g/mol. The molecular weight excluding hydrogens is 377 g/mol. The molecule has 4 heterocycles. The first-order valence-corrected chi connectivity index (χ1v) is 8.89. The zero-order valence-electron chi connectivity index (χ0n) is 14.9. The lowest BCUT2D eigenvalue weighted by molar-refractivity contribution is -0.209. The maximum Gasteiger partial charge on any atom is 0.433 e. The predicted molar refractivity (Wildman–Crippen MR) is 93.5 cm³/mol. The number of H-pyrrole nitrogens is 1. The minimum atomic E-state index is -4.91. The molecule has 4 rings (SSSR count). The van der Waals surface area contributed by atoms with Crippen LogP contribution in [0.5, 0.6) is 0 Å². The van der Waals surface area contributed by atoms with Crippen molar-refractivity contribution in [2.24, 2.45) is 5.92 Å². The number of nitrogens with one attached hydrogen (secondary N) is 2. The lowest BCUT2D eigenvalue weighted by Crippen LogP contribution is -2.50. The summed E-state index contributed by atoms with van der Waals surface area (Å²) >= 11 is 0. The van der Waals surface area contributed by atoms with E-state index in [0.29, 0.717) is 17.8 Å². The van der Waals surface area contributed by atoms with E-state index < -0.39 is 18.4 Å². The van der Waals surface area contributed by atoms with Crippen molar-refractivity contribution in [3.8, 4) is 0 Å². The second-order valence-electron chi connectivity index (χ2n) is 6.92. The van der Waals surface area contributed by atoms with Gasteiger partial charge in [-0.2, -0.15) is 13.2 Å². The number of fused-ring (bicyclic) bond motifs is 3. The first-order chi connectivity index (χ1) is 13.3. The number of likely N-dealkylation sites (tertiary alicyclic amines) is 1. The summed E-state index contributed by atoms with van der Waals surface area (Å²) in [5.74, 6) is -0.0508. The van der Waals surface area contributed by atoms with Crippen LogP contribution in [-0.2, 0) is 0 Å². The third-order valence-electron chi connectivity index (χ3n) is 5.27. The highest BCUT2D eigenvalue weighted by atomic mass is 19.4. The molecule has 3 atom stereocenters. The summed E-state index contributed by atoms with van der Waals surface area (Å²) in [4.78, 5) is 25.3. The van der Waals surface area contributed by atoms with Crippen molar-refractivity contribution in [3.63, 3.8) is 0 Å². The number of aliphatic hydroxyl groups excluding tert-OH is 1. The van der Waals surface area contributed by atoms with Gasteiger partial charge in [-0.1, -0.05) is 13.3 Å². The van der Waals surface area contributed by atoms with Gasteiger partial charge in [0.15, 0.2) is 11.3 Å². The van der Waals surface area contributed by atoms with Gasteiger partial charge in [-0.15, -0.1) is 0 Å². The largest absolute Gasteiger partial charge is 0.433 e. The normalized spacial score (nSPS) is 21.5. The number of aliphatic hydroxyl groups is 1. The average Bonchev–Trinajstić information content (AvgIpc) is 3.36. The molecular formula is C17H19F3N6O2. The van der Waals surface area contributed by atoms with E-state index in [1.54, 1.807) is 23.9 Å². The van der Waals surface area contributed by atoms with Crippen LogP contribution in [0, 0.1) is 5.92 Å². The van der Waals surface area contributed by atoms with E-state index >= 15 is 0 Å². The van der Waals surface area contributed by atoms with Gasteiger partial charge in [-0.25, -0.2) is 14.8 Å². The van der Waals surface area contributed by atoms with Gasteiger partial charge >= 0.3 is 12.2 Å². The number of aromatic amines is 1. The van der Waals surface area contributed by atoms with Gasteiger partial charge in [-0.05, 0) is 12.0 Å². The van der Waals surface area contributed by atoms with Crippen molar-refractivity contribution in [2.45, 2.75) is 31.7 Å². The highest BCUT2D eigenvalue weighted by molar-refractivity contribution is 5.76. The van der Waals surface area contributed by atoms with Crippen molar-refractivity contribution < 1.29 is 23.1 Å². The molecule has 1 unspecified atom stereocenters. The molecule has 0 aromatic carbocycles. The molecule has 2 amide bonds. The molecule has 3 aromatic heterocycles. The first-order valence-electron chi connectivity index (χ1n) is 8.89. The molecule has 28 heavy (non-hydrogen) atoms. The Hall–Kier alpha value is -2.82. The molecule has 0 radical (unpaired) electrons. The molecule has 0 aliphatic carbocycles. The Kier molecular flexibility index (Phi) is 4.41. The van der Waals surface area contributed by atoms with Gasteiger partial charge in [0, 0.05) is 37.1 Å². The summed E-state index contributed by atoms with van der Waals surface area (Å²) in [7, 11) is 0. The van der Waals surface area contributed by atoms with Crippen LogP contribution in [-0.4, -0.2) is 60.9 Å². The number of halogens is 3. The molecule has 0 bridgehead atoms. The number of imidazole rings is 1. The van der Waals surface area contributed by atoms with Crippen LogP contribution >= 0.6 is 0 Å². The van der Waals surface area contributed by atoms with E-state index in [1.807, 2.05) is 17.4 Å². The third-order valence-corrected chi connectivity index (χ3v) is 5.27. The van der Waals surface area contributed by atoms with Gasteiger partial charge in [0.05, 0.1) is 11.7 Å². The molecule has 8 nitrogen and oxygen atoms in total. The van der Waals surface area contributed by atoms with Gasteiger partial charge in [-0.3, -0.25) is 4.40 Å². The number of amides is 2. The van der Waals surface area contributed by atoms with E-state index in [9.17, 15) is 18.0 Å². The van der Waals surface area contributed by atoms with Gasteiger partial charge in [0.2, 0.25) is 6.23 Å². The highest BCUT2D eigenvalue weighted by Gasteiger charge is 2.42. The summed E-state index contributed by atoms with van der Waals surface area (Å²) in [5, 5.41) is 10.7. The second kappa shape index (κ2) is 6.66. The molecule has 0 spiro atoms. The summed E-state index contributed by atoms with van der Waals surface area (Å²) in [6, 6.07) is 0.939. The Labute approximate surface area is 157 Å². The number of carbonyl (C=O) groups excluding carboxylic acids is 1. The zero-order valence-corrected chi connectivity index (χ0v) is 14.9. The van der Waals surface area contributed by atoms with Crippen LogP contribution < -0.4 is 5.32 Å². The molecule has 1 saturated heterocycles. The number of alkyl halides is 3. The number of rotatable bonds is 3. The number of aromatic nitrogens is 4. The van der Waals surface area contributed by atoms with E-state index in [2.05, 4.69) is 15.0 Å². The molecule has 1 aliphatic heterocycles. The van der Waals surface area contributed by atoms with E-state index in [0.717, 1.165) is 17.6 Å². The van der Waals surface area contributed by atoms with Crippen LogP contribution in [0.3, 0.4) is 0 Å². The standard InChI is InChI=1S/C17H19F3N6O2/c1-2-9-7-25(16(28)24-15(27)17(18,19)20)8-10(9)12-5-22-13-6-23-14-11(26(12)13)3-4-21-14/h3-6,9-10,15,21,27H,2,7-8H2,1H3,(H,24,28)/t9-,10+,15?/m1/s1. The van der Waals surface area contributed by atoms with E-state index in [1.165, 1.54) is 4.90 Å². The second-order valence-corrected chi connectivity index (χ2v) is 6.92. The predicted octanol–water partition coefficient (Wildman–Crippen LogP) is 2.23. The lowest BCUT2D eigenvalue weighted by Gasteiger charge is -2.21. The number of urea groups is 1. The number of hydrogen-bond donors (Lipinski definition) is 3. The molecule has 1 fully saturated rings. The Morgan fingerprint density at radius 1 is 1.39 bits per heavy atom. The van der Waals surface area contributed by atoms with Crippen LogP contribution in [0.4, 0.5) is 18.0 Å². The van der Waals surface area contributed by atoms with Crippen LogP contribution in [0.2, 0.25) is 0 Å². The quantitative estimate of drug-likeness (QED) is 0.592. The van der Waals surface area contributed by atoms with Gasteiger partial charge < -0.3 is 20.3 Å². The molecule has 3 aromatic rings. The fourth-order valence-corrected chi connectivity index (χ4v) is 3.83. The van der Waals surface area contributed by atoms with Gasteiger partial charge in [0.25, 0.3) is 0 Å². The van der Waals surface area contributed by atoms with Crippen molar-refractivity contribution in [1.82, 2.24) is 29.6 Å².